The van der Waals surface area contributed by atoms with Crippen molar-refractivity contribution in [2.45, 2.75) is 31.7 Å². The second kappa shape index (κ2) is 5.03. The Balaban J connectivity index is 2.15. The van der Waals surface area contributed by atoms with E-state index in [1.54, 1.807) is 0 Å². The first-order chi connectivity index (χ1) is 7.33. The van der Waals surface area contributed by atoms with Crippen LogP contribution in [0.5, 0.6) is 0 Å². The van der Waals surface area contributed by atoms with E-state index in [1.807, 2.05) is 13.2 Å². The van der Waals surface area contributed by atoms with Crippen molar-refractivity contribution in [3.8, 4) is 0 Å². The lowest BCUT2D eigenvalue weighted by atomic mass is 9.94. The van der Waals surface area contributed by atoms with Crippen molar-refractivity contribution < 1.29 is 0 Å². The highest BCUT2D eigenvalue weighted by Crippen LogP contribution is 2.33. The van der Waals surface area contributed by atoms with Crippen LogP contribution in [0.4, 0.5) is 0 Å². The Labute approximate surface area is 95.4 Å². The summed E-state index contributed by atoms with van der Waals surface area (Å²) in [6.07, 6.45) is 4.55. The Morgan fingerprint density at radius 2 is 2.27 bits per heavy atom. The fourth-order valence-corrected chi connectivity index (χ4v) is 3.23. The van der Waals surface area contributed by atoms with Crippen LogP contribution < -0.4 is 5.32 Å². The lowest BCUT2D eigenvalue weighted by Gasteiger charge is -2.22. The third kappa shape index (κ3) is 2.37. The van der Waals surface area contributed by atoms with Gasteiger partial charge in [0.1, 0.15) is 0 Å². The van der Waals surface area contributed by atoms with Gasteiger partial charge in [-0.3, -0.25) is 5.10 Å². The van der Waals surface area contributed by atoms with Crippen LogP contribution >= 0.6 is 11.8 Å². The van der Waals surface area contributed by atoms with Crippen LogP contribution in [-0.4, -0.2) is 28.8 Å². The first kappa shape index (κ1) is 11.0. The molecule has 0 saturated carbocycles. The Hall–Kier alpha value is -0.480. The smallest absolute Gasteiger partial charge is 0.0538 e. The number of rotatable bonds is 3. The summed E-state index contributed by atoms with van der Waals surface area (Å²) in [5, 5.41) is 10.7. The fourth-order valence-electron chi connectivity index (χ4n) is 2.12. The Kier molecular flexibility index (Phi) is 3.70. The molecule has 0 bridgehead atoms. The highest BCUT2D eigenvalue weighted by atomic mass is 32.2. The molecule has 15 heavy (non-hydrogen) atoms. The van der Waals surface area contributed by atoms with E-state index in [2.05, 4.69) is 34.2 Å². The lowest BCUT2D eigenvalue weighted by Crippen LogP contribution is -2.16. The molecule has 84 valence electrons. The normalized spacial score (nSPS) is 20.4. The summed E-state index contributed by atoms with van der Waals surface area (Å²) in [5.74, 6) is 3.27. The number of nitrogens with zero attached hydrogens (tertiary/aromatic N) is 1. The SMILES string of the molecule is CNC(C)c1cn[nH]c1C1CCSCC1. The zero-order chi connectivity index (χ0) is 10.7. The van der Waals surface area contributed by atoms with Gasteiger partial charge in [0.2, 0.25) is 0 Å². The summed E-state index contributed by atoms with van der Waals surface area (Å²) in [6, 6.07) is 0.397. The molecule has 1 aliphatic rings. The van der Waals surface area contributed by atoms with E-state index in [-0.39, 0.29) is 0 Å². The summed E-state index contributed by atoms with van der Waals surface area (Å²) >= 11 is 2.07. The van der Waals surface area contributed by atoms with Gasteiger partial charge in [-0.25, -0.2) is 0 Å². The molecule has 0 radical (unpaired) electrons. The standard InChI is InChI=1S/C11H19N3S/c1-8(12-2)10-7-13-14-11(10)9-3-5-15-6-4-9/h7-9,12H,3-6H2,1-2H3,(H,13,14). The fraction of sp³-hybridized carbons (Fsp3) is 0.727. The van der Waals surface area contributed by atoms with Crippen LogP contribution in [0.3, 0.4) is 0 Å². The summed E-state index contributed by atoms with van der Waals surface area (Å²) < 4.78 is 0. The molecule has 1 aromatic rings. The Morgan fingerprint density at radius 3 is 2.93 bits per heavy atom. The van der Waals surface area contributed by atoms with Gasteiger partial charge in [0.15, 0.2) is 0 Å². The van der Waals surface area contributed by atoms with Crippen molar-refractivity contribution in [2.75, 3.05) is 18.6 Å². The molecule has 1 atom stereocenters. The van der Waals surface area contributed by atoms with Crippen molar-refractivity contribution in [3.63, 3.8) is 0 Å². The second-order valence-corrected chi connectivity index (χ2v) is 5.36. The maximum Gasteiger partial charge on any atom is 0.0538 e. The average molecular weight is 225 g/mol. The Morgan fingerprint density at radius 1 is 1.53 bits per heavy atom. The van der Waals surface area contributed by atoms with E-state index >= 15 is 0 Å². The maximum atomic E-state index is 4.19. The molecule has 0 spiro atoms. The zero-order valence-electron chi connectivity index (χ0n) is 9.42. The van der Waals surface area contributed by atoms with E-state index in [4.69, 9.17) is 0 Å². The van der Waals surface area contributed by atoms with Gasteiger partial charge in [-0.1, -0.05) is 0 Å². The minimum absolute atomic E-state index is 0.397. The topological polar surface area (TPSA) is 40.7 Å². The molecule has 3 nitrogen and oxygen atoms in total. The molecule has 1 aromatic heterocycles. The molecule has 2 rings (SSSR count). The summed E-state index contributed by atoms with van der Waals surface area (Å²) in [5.41, 5.74) is 2.70. The van der Waals surface area contributed by atoms with Gasteiger partial charge in [0.25, 0.3) is 0 Å². The molecule has 2 heterocycles. The van der Waals surface area contributed by atoms with Crippen LogP contribution in [0, 0.1) is 0 Å². The van der Waals surface area contributed by atoms with Crippen molar-refractivity contribution in [3.05, 3.63) is 17.5 Å². The average Bonchev–Trinajstić information content (AvgIpc) is 2.78. The van der Waals surface area contributed by atoms with E-state index in [9.17, 15) is 0 Å². The van der Waals surface area contributed by atoms with Gasteiger partial charge in [-0.05, 0) is 38.3 Å². The monoisotopic (exact) mass is 225 g/mol. The molecular weight excluding hydrogens is 206 g/mol. The van der Waals surface area contributed by atoms with Crippen LogP contribution in [0.2, 0.25) is 0 Å². The number of aromatic amines is 1. The Bertz CT molecular complexity index is 305. The molecule has 1 unspecified atom stereocenters. The van der Waals surface area contributed by atoms with Crippen LogP contribution in [-0.2, 0) is 0 Å². The lowest BCUT2D eigenvalue weighted by molar-refractivity contribution is 0.585. The van der Waals surface area contributed by atoms with Crippen molar-refractivity contribution in [1.82, 2.24) is 15.5 Å². The quantitative estimate of drug-likeness (QED) is 0.829. The molecule has 0 aromatic carbocycles. The van der Waals surface area contributed by atoms with Gasteiger partial charge in [0, 0.05) is 23.2 Å². The van der Waals surface area contributed by atoms with E-state index in [0.29, 0.717) is 12.0 Å². The van der Waals surface area contributed by atoms with Crippen molar-refractivity contribution >= 4 is 11.8 Å². The molecular formula is C11H19N3S. The van der Waals surface area contributed by atoms with E-state index in [0.717, 1.165) is 0 Å². The second-order valence-electron chi connectivity index (χ2n) is 4.14. The summed E-state index contributed by atoms with van der Waals surface area (Å²) in [4.78, 5) is 0. The molecule has 0 amide bonds. The van der Waals surface area contributed by atoms with Crippen LogP contribution in [0.1, 0.15) is 43.0 Å². The largest absolute Gasteiger partial charge is 0.313 e. The zero-order valence-corrected chi connectivity index (χ0v) is 10.2. The number of hydrogen-bond donors (Lipinski definition) is 2. The highest BCUT2D eigenvalue weighted by molar-refractivity contribution is 7.99. The number of H-pyrrole nitrogens is 1. The summed E-state index contributed by atoms with van der Waals surface area (Å²) in [6.45, 7) is 2.19. The minimum Gasteiger partial charge on any atom is -0.313 e. The molecule has 1 aliphatic heterocycles. The number of hydrogen-bond acceptors (Lipinski definition) is 3. The third-order valence-corrected chi connectivity index (χ3v) is 4.28. The minimum atomic E-state index is 0.397. The predicted octanol–water partition coefficient (Wildman–Crippen LogP) is 2.30. The molecule has 2 N–H and O–H groups in total. The number of aromatic nitrogens is 2. The number of thioether (sulfide) groups is 1. The first-order valence-corrected chi connectivity index (χ1v) is 6.76. The van der Waals surface area contributed by atoms with Crippen LogP contribution in [0.15, 0.2) is 6.20 Å². The van der Waals surface area contributed by atoms with Gasteiger partial charge in [-0.15, -0.1) is 0 Å². The van der Waals surface area contributed by atoms with Gasteiger partial charge < -0.3 is 5.32 Å². The third-order valence-electron chi connectivity index (χ3n) is 3.23. The van der Waals surface area contributed by atoms with Gasteiger partial charge in [-0.2, -0.15) is 16.9 Å². The van der Waals surface area contributed by atoms with Crippen LogP contribution in [0.25, 0.3) is 0 Å². The molecule has 1 saturated heterocycles. The molecule has 1 fully saturated rings. The van der Waals surface area contributed by atoms with Crippen molar-refractivity contribution in [1.29, 1.82) is 0 Å². The molecule has 4 heteroatoms. The number of nitrogens with one attached hydrogen (secondary N) is 2. The van der Waals surface area contributed by atoms with Gasteiger partial charge >= 0.3 is 0 Å². The summed E-state index contributed by atoms with van der Waals surface area (Å²) in [7, 11) is 2.00. The highest BCUT2D eigenvalue weighted by Gasteiger charge is 2.22. The molecule has 0 aliphatic carbocycles. The first-order valence-electron chi connectivity index (χ1n) is 5.61. The van der Waals surface area contributed by atoms with E-state index in [1.165, 1.54) is 35.6 Å². The predicted molar refractivity (Wildman–Crippen MR) is 65.4 cm³/mol. The van der Waals surface area contributed by atoms with E-state index < -0.39 is 0 Å². The van der Waals surface area contributed by atoms with Crippen molar-refractivity contribution in [2.24, 2.45) is 0 Å². The van der Waals surface area contributed by atoms with Gasteiger partial charge in [0.05, 0.1) is 6.20 Å². The maximum absolute atomic E-state index is 4.19.